The van der Waals surface area contributed by atoms with Crippen LogP contribution in [0.25, 0.3) is 0 Å². The molecular formula is C19H19ClN4O5S. The Morgan fingerprint density at radius 2 is 1.90 bits per heavy atom. The molecule has 0 bridgehead atoms. The van der Waals surface area contributed by atoms with E-state index in [1.54, 1.807) is 32.0 Å². The van der Waals surface area contributed by atoms with E-state index in [9.17, 15) is 19.7 Å². The summed E-state index contributed by atoms with van der Waals surface area (Å²) in [4.78, 5) is 34.6. The molecule has 30 heavy (non-hydrogen) atoms. The third-order valence-electron chi connectivity index (χ3n) is 3.76. The molecule has 0 aliphatic heterocycles. The van der Waals surface area contributed by atoms with Gasteiger partial charge in [0.05, 0.1) is 22.2 Å². The van der Waals surface area contributed by atoms with Gasteiger partial charge in [0.25, 0.3) is 5.91 Å². The van der Waals surface area contributed by atoms with Crippen LogP contribution < -0.4 is 20.7 Å². The zero-order valence-corrected chi connectivity index (χ0v) is 17.7. The van der Waals surface area contributed by atoms with Crippen LogP contribution in [-0.4, -0.2) is 28.5 Å². The first-order valence-electron chi connectivity index (χ1n) is 8.88. The second-order valence-corrected chi connectivity index (χ2v) is 6.69. The Balaban J connectivity index is 2.12. The molecule has 3 N–H and O–H groups in total. The topological polar surface area (TPSA) is 123 Å². The number of amides is 2. The first-order valence-corrected chi connectivity index (χ1v) is 9.66. The van der Waals surface area contributed by atoms with E-state index < -0.39 is 10.8 Å². The Labute approximate surface area is 182 Å². The van der Waals surface area contributed by atoms with Crippen molar-refractivity contribution in [3.05, 3.63) is 57.1 Å². The smallest absolute Gasteiger partial charge is 0.311 e. The monoisotopic (exact) mass is 450 g/mol. The maximum Gasteiger partial charge on any atom is 0.311 e. The molecule has 0 heterocycles. The maximum absolute atomic E-state index is 12.4. The van der Waals surface area contributed by atoms with Gasteiger partial charge in [-0.1, -0.05) is 18.5 Å². The lowest BCUT2D eigenvalue weighted by molar-refractivity contribution is -0.385. The van der Waals surface area contributed by atoms with Crippen molar-refractivity contribution in [2.45, 2.75) is 20.3 Å². The molecule has 2 aromatic rings. The highest BCUT2D eigenvalue weighted by Gasteiger charge is 2.19. The van der Waals surface area contributed by atoms with Crippen molar-refractivity contribution < 1.29 is 19.2 Å². The highest BCUT2D eigenvalue weighted by molar-refractivity contribution is 7.80. The molecule has 0 aliphatic rings. The number of rotatable bonds is 7. The molecule has 11 heteroatoms. The van der Waals surface area contributed by atoms with Crippen LogP contribution in [0.3, 0.4) is 0 Å². The molecule has 2 aromatic carbocycles. The molecule has 158 valence electrons. The zero-order chi connectivity index (χ0) is 22.3. The van der Waals surface area contributed by atoms with Crippen LogP contribution in [-0.2, 0) is 4.79 Å². The Hall–Kier alpha value is -3.24. The molecule has 0 aromatic heterocycles. The van der Waals surface area contributed by atoms with Gasteiger partial charge in [0.1, 0.15) is 0 Å². The number of carbonyl (C=O) groups excluding carboxylic acids is 2. The lowest BCUT2D eigenvalue weighted by Gasteiger charge is -2.13. The van der Waals surface area contributed by atoms with Crippen LogP contribution in [0, 0.1) is 10.1 Å². The molecule has 0 unspecified atom stereocenters. The Kier molecular flexibility index (Phi) is 8.07. The van der Waals surface area contributed by atoms with Crippen molar-refractivity contribution in [3.63, 3.8) is 0 Å². The molecule has 0 aliphatic carbocycles. The van der Waals surface area contributed by atoms with Crippen LogP contribution in [0.15, 0.2) is 36.4 Å². The first kappa shape index (κ1) is 23.0. The van der Waals surface area contributed by atoms with Gasteiger partial charge in [-0.3, -0.25) is 25.0 Å². The molecule has 0 saturated heterocycles. The fraction of sp³-hybridized carbons (Fsp3) is 0.211. The molecule has 0 fully saturated rings. The van der Waals surface area contributed by atoms with Crippen LogP contribution in [0.1, 0.15) is 30.6 Å². The lowest BCUT2D eigenvalue weighted by Crippen LogP contribution is -2.34. The van der Waals surface area contributed by atoms with Crippen LogP contribution >= 0.6 is 23.8 Å². The minimum absolute atomic E-state index is 0.0318. The number of ether oxygens (including phenoxy) is 1. The Morgan fingerprint density at radius 3 is 2.53 bits per heavy atom. The molecule has 0 atom stereocenters. The number of nitrogens with one attached hydrogen (secondary N) is 3. The largest absolute Gasteiger partial charge is 0.487 e. The van der Waals surface area contributed by atoms with Gasteiger partial charge in [-0.05, 0) is 49.5 Å². The van der Waals surface area contributed by atoms with Gasteiger partial charge in [0.2, 0.25) is 5.91 Å². The number of nitro benzene ring substituents is 1. The predicted molar refractivity (Wildman–Crippen MR) is 118 cm³/mol. The van der Waals surface area contributed by atoms with E-state index >= 15 is 0 Å². The summed E-state index contributed by atoms with van der Waals surface area (Å²) in [5, 5.41) is 19.3. The third kappa shape index (κ3) is 6.13. The third-order valence-corrected chi connectivity index (χ3v) is 4.30. The number of carbonyl (C=O) groups is 2. The number of halogens is 1. The lowest BCUT2D eigenvalue weighted by atomic mass is 10.1. The summed E-state index contributed by atoms with van der Waals surface area (Å²) in [5.41, 5.74) is 0.578. The first-order chi connectivity index (χ1) is 14.2. The SMILES string of the molecule is CCOc1ccc(C(=O)NC(=S)Nc2cc(NC(=O)CC)ccc2Cl)cc1[N+](=O)[O-]. The molecule has 0 spiro atoms. The molecule has 2 amide bonds. The van der Waals surface area contributed by atoms with E-state index in [1.807, 2.05) is 0 Å². The van der Waals surface area contributed by atoms with Crippen LogP contribution in [0.5, 0.6) is 5.75 Å². The summed E-state index contributed by atoms with van der Waals surface area (Å²) in [7, 11) is 0. The number of thiocarbonyl (C=S) groups is 1. The van der Waals surface area contributed by atoms with Gasteiger partial charge in [-0.25, -0.2) is 0 Å². The van der Waals surface area contributed by atoms with Gasteiger partial charge in [-0.2, -0.15) is 0 Å². The zero-order valence-electron chi connectivity index (χ0n) is 16.2. The van der Waals surface area contributed by atoms with E-state index in [2.05, 4.69) is 16.0 Å². The number of nitrogens with zero attached hydrogens (tertiary/aromatic N) is 1. The van der Waals surface area contributed by atoms with Gasteiger partial charge in [0.15, 0.2) is 10.9 Å². The summed E-state index contributed by atoms with van der Waals surface area (Å²) in [6.07, 6.45) is 0.314. The minimum Gasteiger partial charge on any atom is -0.487 e. The molecular weight excluding hydrogens is 432 g/mol. The number of hydrogen-bond acceptors (Lipinski definition) is 6. The molecule has 0 saturated carbocycles. The summed E-state index contributed by atoms with van der Waals surface area (Å²) in [6, 6.07) is 8.61. The summed E-state index contributed by atoms with van der Waals surface area (Å²) in [6.45, 7) is 3.67. The Morgan fingerprint density at radius 1 is 1.17 bits per heavy atom. The van der Waals surface area contributed by atoms with Crippen molar-refractivity contribution in [3.8, 4) is 5.75 Å². The van der Waals surface area contributed by atoms with Gasteiger partial charge in [0, 0.05) is 23.7 Å². The van der Waals surface area contributed by atoms with Crippen LogP contribution in [0.2, 0.25) is 5.02 Å². The fourth-order valence-electron chi connectivity index (χ4n) is 2.36. The number of hydrogen-bond donors (Lipinski definition) is 3. The number of benzene rings is 2. The molecule has 9 nitrogen and oxygen atoms in total. The fourth-order valence-corrected chi connectivity index (χ4v) is 2.72. The van der Waals surface area contributed by atoms with Crippen molar-refractivity contribution in [1.29, 1.82) is 0 Å². The molecule has 0 radical (unpaired) electrons. The predicted octanol–water partition coefficient (Wildman–Crippen LogP) is 4.12. The van der Waals surface area contributed by atoms with Crippen molar-refractivity contribution in [1.82, 2.24) is 5.32 Å². The highest BCUT2D eigenvalue weighted by atomic mass is 35.5. The average Bonchev–Trinajstić information content (AvgIpc) is 2.70. The normalized spacial score (nSPS) is 10.1. The van der Waals surface area contributed by atoms with Crippen molar-refractivity contribution >= 4 is 57.8 Å². The van der Waals surface area contributed by atoms with Crippen molar-refractivity contribution in [2.75, 3.05) is 17.2 Å². The van der Waals surface area contributed by atoms with E-state index in [0.717, 1.165) is 6.07 Å². The standard InChI is InChI=1S/C19H19ClN4O5S/c1-3-17(25)21-12-6-7-13(20)14(10-12)22-19(30)23-18(26)11-5-8-16(29-4-2)15(9-11)24(27)28/h5-10H,3-4H2,1-2H3,(H,21,25)(H2,22,23,26,30). The van der Waals surface area contributed by atoms with E-state index in [-0.39, 0.29) is 34.6 Å². The quantitative estimate of drug-likeness (QED) is 0.329. The van der Waals surface area contributed by atoms with Gasteiger partial charge >= 0.3 is 5.69 Å². The Bertz CT molecular complexity index is 999. The summed E-state index contributed by atoms with van der Waals surface area (Å²) >= 11 is 11.3. The van der Waals surface area contributed by atoms with E-state index in [0.29, 0.717) is 22.8 Å². The highest BCUT2D eigenvalue weighted by Crippen LogP contribution is 2.28. The number of anilines is 2. The minimum atomic E-state index is -0.648. The second kappa shape index (κ2) is 10.5. The maximum atomic E-state index is 12.4. The van der Waals surface area contributed by atoms with Crippen molar-refractivity contribution in [2.24, 2.45) is 0 Å². The van der Waals surface area contributed by atoms with Gasteiger partial charge in [-0.15, -0.1) is 0 Å². The number of nitro groups is 1. The van der Waals surface area contributed by atoms with E-state index in [1.165, 1.54) is 12.1 Å². The van der Waals surface area contributed by atoms with E-state index in [4.69, 9.17) is 28.6 Å². The van der Waals surface area contributed by atoms with Gasteiger partial charge < -0.3 is 15.4 Å². The average molecular weight is 451 g/mol. The second-order valence-electron chi connectivity index (χ2n) is 5.88. The summed E-state index contributed by atoms with van der Waals surface area (Å²) < 4.78 is 5.20. The molecule has 2 rings (SSSR count). The van der Waals surface area contributed by atoms with Crippen LogP contribution in [0.4, 0.5) is 17.1 Å². The summed E-state index contributed by atoms with van der Waals surface area (Å²) in [5.74, 6) is -0.751.